The van der Waals surface area contributed by atoms with Gasteiger partial charge in [-0.05, 0) is 210 Å². The van der Waals surface area contributed by atoms with Gasteiger partial charge < -0.3 is 53.0 Å². The summed E-state index contributed by atoms with van der Waals surface area (Å²) >= 11 is 0. The number of hydrogen-bond acceptors (Lipinski definition) is 12. The molecule has 24 rings (SSSR count). The first-order chi connectivity index (χ1) is 56.7. The van der Waals surface area contributed by atoms with E-state index in [1.807, 2.05) is 146 Å². The molecule has 0 unspecified atom stereocenters. The lowest BCUT2D eigenvalue weighted by molar-refractivity contribution is 0.580. The molecule has 12 aromatic heterocycles. The van der Waals surface area contributed by atoms with Crippen LogP contribution in [0.15, 0.2) is 419 Å². The fourth-order valence-corrected chi connectivity index (χ4v) is 17.5. The van der Waals surface area contributed by atoms with Crippen molar-refractivity contribution in [2.45, 2.75) is 0 Å². The van der Waals surface area contributed by atoms with Gasteiger partial charge in [-0.25, -0.2) is 0 Å². The van der Waals surface area contributed by atoms with E-state index in [2.05, 4.69) is 146 Å². The third-order valence-corrected chi connectivity index (χ3v) is 21.8. The van der Waals surface area contributed by atoms with Crippen molar-refractivity contribution in [3.8, 4) is 136 Å². The Morgan fingerprint density at radius 1 is 0.0965 bits per heavy atom. The van der Waals surface area contributed by atoms with Gasteiger partial charge in [0.05, 0.1) is 75.2 Å². The molecule has 0 aliphatic carbocycles. The molecule has 0 fully saturated rings. The van der Waals surface area contributed by atoms with Crippen molar-refractivity contribution in [1.29, 1.82) is 0 Å². The van der Waals surface area contributed by atoms with E-state index in [0.717, 1.165) is 233 Å². The van der Waals surface area contributed by atoms with Gasteiger partial charge in [0.25, 0.3) is 0 Å². The first-order valence-electron chi connectivity index (χ1n) is 37.5. The number of hydrogen-bond donors (Lipinski definition) is 0. The van der Waals surface area contributed by atoms with Gasteiger partial charge in [0.1, 0.15) is 69.1 Å². The molecule has 12 aromatic carbocycles. The monoisotopic (exact) mass is 1480 g/mol. The van der Waals surface area contributed by atoms with Crippen LogP contribution in [0.2, 0.25) is 0 Å². The zero-order chi connectivity index (χ0) is 75.2. The molecule has 0 N–H and O–H groups in total. The van der Waals surface area contributed by atoms with Crippen LogP contribution in [0.25, 0.3) is 233 Å². The van der Waals surface area contributed by atoms with Crippen molar-refractivity contribution in [2.75, 3.05) is 0 Å². The Morgan fingerprint density at radius 2 is 0.184 bits per heavy atom. The average molecular weight is 1480 g/mol. The molecule has 0 aliphatic heterocycles. The molecule has 0 bridgehead atoms. The minimum Gasteiger partial charge on any atom is -0.464 e. The Labute approximate surface area is 648 Å². The van der Waals surface area contributed by atoms with Crippen molar-refractivity contribution >= 4 is 97.0 Å². The van der Waals surface area contributed by atoms with Gasteiger partial charge in [-0.1, -0.05) is 146 Å². The van der Waals surface area contributed by atoms with Crippen LogP contribution < -0.4 is 0 Å². The summed E-state index contributed by atoms with van der Waals surface area (Å²) in [5, 5.41) is 18.9. The fourth-order valence-electron chi connectivity index (χ4n) is 17.5. The highest BCUT2D eigenvalue weighted by Crippen LogP contribution is 2.58. The average Bonchev–Trinajstić information content (AvgIpc) is 1.14. The van der Waals surface area contributed by atoms with Crippen LogP contribution >= 0.6 is 0 Å². The summed E-state index contributed by atoms with van der Waals surface area (Å²) in [5.74, 6) is 9.40. The molecule has 0 aliphatic rings. The predicted octanol–water partition coefficient (Wildman–Crippen LogP) is 30.6. The zero-order valence-corrected chi connectivity index (χ0v) is 60.5. The highest BCUT2D eigenvalue weighted by molar-refractivity contribution is 6.36. The van der Waals surface area contributed by atoms with E-state index in [1.54, 1.807) is 75.2 Å². The lowest BCUT2D eigenvalue weighted by atomic mass is 9.81. The van der Waals surface area contributed by atoms with Gasteiger partial charge in [0.15, 0.2) is 0 Å². The summed E-state index contributed by atoms with van der Waals surface area (Å²) in [4.78, 5) is 0. The first kappa shape index (κ1) is 65.4. The molecule has 12 heteroatoms. The summed E-state index contributed by atoms with van der Waals surface area (Å²) in [7, 11) is 0. The van der Waals surface area contributed by atoms with Gasteiger partial charge in [-0.3, -0.25) is 0 Å². The highest BCUT2D eigenvalue weighted by atomic mass is 16.4. The van der Waals surface area contributed by atoms with Crippen molar-refractivity contribution in [1.82, 2.24) is 0 Å². The van der Waals surface area contributed by atoms with Gasteiger partial charge >= 0.3 is 0 Å². The third-order valence-electron chi connectivity index (χ3n) is 21.8. The van der Waals surface area contributed by atoms with Crippen LogP contribution in [0, 0.1) is 0 Å². The Bertz CT molecular complexity index is 5960. The molecule has 12 heterocycles. The summed E-state index contributed by atoms with van der Waals surface area (Å²) in [5.41, 5.74) is 12.0. The summed E-state index contributed by atoms with van der Waals surface area (Å²) in [6.45, 7) is 0. The van der Waals surface area contributed by atoms with Crippen LogP contribution in [0.1, 0.15) is 0 Å². The van der Waals surface area contributed by atoms with E-state index in [4.69, 9.17) is 53.0 Å². The van der Waals surface area contributed by atoms with Crippen molar-refractivity contribution in [3.63, 3.8) is 0 Å². The molecule has 0 spiro atoms. The van der Waals surface area contributed by atoms with E-state index in [9.17, 15) is 0 Å². The Hall–Kier alpha value is -15.7. The molecular formula is C102H60O12. The van der Waals surface area contributed by atoms with Gasteiger partial charge in [-0.2, -0.15) is 0 Å². The van der Waals surface area contributed by atoms with Crippen LogP contribution in [0.4, 0.5) is 0 Å². The molecule has 0 atom stereocenters. The summed E-state index contributed by atoms with van der Waals surface area (Å²) < 4.78 is 73.2. The molecule has 0 amide bonds. The number of rotatable bonds is 12. The molecule has 12 nitrogen and oxygen atoms in total. The second-order valence-electron chi connectivity index (χ2n) is 27.8. The van der Waals surface area contributed by atoms with Crippen molar-refractivity contribution in [3.05, 3.63) is 366 Å². The maximum absolute atomic E-state index is 6.10. The molecule has 114 heavy (non-hydrogen) atoms. The van der Waals surface area contributed by atoms with Crippen LogP contribution in [-0.4, -0.2) is 0 Å². The third kappa shape index (κ3) is 10.4. The number of furan rings is 12. The van der Waals surface area contributed by atoms with E-state index < -0.39 is 0 Å². The summed E-state index contributed by atoms with van der Waals surface area (Å²) in [6.07, 6.45) is 20.6. The second-order valence-corrected chi connectivity index (χ2v) is 27.8. The quantitative estimate of drug-likeness (QED) is 0.107. The molecule has 0 saturated heterocycles. The normalized spacial score (nSPS) is 11.7. The van der Waals surface area contributed by atoms with E-state index in [1.165, 1.54) is 0 Å². The number of benzene rings is 12. The van der Waals surface area contributed by atoms with Gasteiger partial charge in [-0.15, -0.1) is 0 Å². The van der Waals surface area contributed by atoms with E-state index >= 15 is 0 Å². The Morgan fingerprint density at radius 3 is 0.254 bits per heavy atom. The maximum atomic E-state index is 6.10. The van der Waals surface area contributed by atoms with Gasteiger partial charge in [0.2, 0.25) is 0 Å². The second kappa shape index (κ2) is 27.2. The van der Waals surface area contributed by atoms with E-state index in [0.29, 0.717) is 0 Å². The lowest BCUT2D eigenvalue weighted by Gasteiger charge is -2.22. The van der Waals surface area contributed by atoms with Crippen LogP contribution in [-0.2, 0) is 0 Å². The largest absolute Gasteiger partial charge is 0.464 e. The lowest BCUT2D eigenvalue weighted by Crippen LogP contribution is -1.96. The topological polar surface area (TPSA) is 158 Å². The van der Waals surface area contributed by atoms with Crippen molar-refractivity contribution < 1.29 is 53.0 Å². The minimum absolute atomic E-state index is 0.783. The van der Waals surface area contributed by atoms with Gasteiger partial charge in [0, 0.05) is 99.1 Å². The molecule has 540 valence electrons. The molecule has 0 radical (unpaired) electrons. The minimum atomic E-state index is 0.783. The first-order valence-corrected chi connectivity index (χ1v) is 37.5. The maximum Gasteiger partial charge on any atom is 0.135 e. The SMILES string of the molecule is c1coc(-c2c3ccccc3c(-c3ccco3)c3c(-c4ccco4)c4ccccc4c(-c4ccco4)c23)c1.c1coc(-c2c3ccccc3c(-c3ccco3)c3c(-c4ccco4)c4ccccc4c(-c4ccco4)c23)c1.c1coc(-c2c3ccccc3c(-c3ccco3)c3c(-c4ccco4)c4ccccc4c(-c4ccco4)c23)c1. The zero-order valence-electron chi connectivity index (χ0n) is 60.5. The fraction of sp³-hybridized carbons (Fsp3) is 0. The highest BCUT2D eigenvalue weighted by Gasteiger charge is 2.33. The van der Waals surface area contributed by atoms with Crippen molar-refractivity contribution in [2.24, 2.45) is 0 Å². The smallest absolute Gasteiger partial charge is 0.135 e. The number of fused-ring (bicyclic) bond motifs is 9. The van der Waals surface area contributed by atoms with Crippen LogP contribution in [0.5, 0.6) is 0 Å². The molecular weight excluding hydrogens is 1420 g/mol. The van der Waals surface area contributed by atoms with E-state index in [-0.39, 0.29) is 0 Å². The van der Waals surface area contributed by atoms with Crippen LogP contribution in [0.3, 0.4) is 0 Å². The Balaban J connectivity index is 0.000000104. The summed E-state index contributed by atoms with van der Waals surface area (Å²) in [6, 6.07) is 97.8. The standard InChI is InChI=1S/3C34H20O4/c3*1-2-10-22-21(9-1)29(25-13-5-17-35-25)33-31(27-15-7-19-37-27)23-11-3-4-12-24(23)32(28-16-8-20-38-28)34(33)30(22)26-14-6-18-36-26/h3*1-20H. The molecule has 0 saturated carbocycles. The predicted molar refractivity (Wildman–Crippen MR) is 449 cm³/mol. The Kier molecular flexibility index (Phi) is 15.6. The molecule has 24 aromatic rings.